The molecule has 0 saturated carbocycles. The molecule has 0 saturated heterocycles. The second kappa shape index (κ2) is 14.4. The maximum Gasteiger partial charge on any atom is 0.303 e. The largest absolute Gasteiger partial charge is 0.508 e. The third-order valence-corrected chi connectivity index (χ3v) is 3.33. The Morgan fingerprint density at radius 1 is 1.00 bits per heavy atom. The monoisotopic (exact) mass is 310 g/mol. The normalized spacial score (nSPS) is 11.4. The summed E-state index contributed by atoms with van der Waals surface area (Å²) in [6, 6.07) is 8.71. The van der Waals surface area contributed by atoms with Crippen molar-refractivity contribution in [1.82, 2.24) is 0 Å². The van der Waals surface area contributed by atoms with Crippen LogP contribution in [-0.4, -0.2) is 27.4 Å². The predicted octanol–water partition coefficient (Wildman–Crippen LogP) is 4.35. The van der Waals surface area contributed by atoms with Gasteiger partial charge in [0.2, 0.25) is 0 Å². The Balaban J connectivity index is 0.000000518. The van der Waals surface area contributed by atoms with Gasteiger partial charge >= 0.3 is 5.97 Å². The van der Waals surface area contributed by atoms with Gasteiger partial charge in [-0.05, 0) is 31.4 Å². The Labute approximate surface area is 133 Å². The van der Waals surface area contributed by atoms with E-state index in [0.717, 1.165) is 12.8 Å². The smallest absolute Gasteiger partial charge is 0.303 e. The van der Waals surface area contributed by atoms with Crippen molar-refractivity contribution >= 4 is 5.97 Å². The van der Waals surface area contributed by atoms with Crippen molar-refractivity contribution in [2.24, 2.45) is 0 Å². The van der Waals surface area contributed by atoms with Crippen LogP contribution >= 0.6 is 0 Å². The van der Waals surface area contributed by atoms with Crippen LogP contribution in [0.1, 0.15) is 64.7 Å². The minimum Gasteiger partial charge on any atom is -0.508 e. The molecule has 1 aromatic rings. The number of carbonyl (C=O) groups is 1. The molecule has 1 rings (SSSR count). The van der Waals surface area contributed by atoms with Gasteiger partial charge in [0.05, 0.1) is 6.10 Å². The number of phenols is 1. The molecule has 0 bridgehead atoms. The lowest BCUT2D eigenvalue weighted by molar-refractivity contribution is -0.137. The van der Waals surface area contributed by atoms with E-state index >= 15 is 0 Å². The van der Waals surface area contributed by atoms with Gasteiger partial charge in [-0.15, -0.1) is 0 Å². The first-order chi connectivity index (χ1) is 10.6. The molecule has 0 fully saturated rings. The summed E-state index contributed by atoms with van der Waals surface area (Å²) in [5.74, 6) is -0.451. The number of aliphatic carboxylic acids is 1. The van der Waals surface area contributed by atoms with Crippen LogP contribution in [0.25, 0.3) is 0 Å². The van der Waals surface area contributed by atoms with Crippen LogP contribution in [0.5, 0.6) is 5.75 Å². The number of carboxylic acids is 1. The molecule has 4 nitrogen and oxygen atoms in total. The summed E-state index contributed by atoms with van der Waals surface area (Å²) in [5.41, 5.74) is 0. The minimum absolute atomic E-state index is 0.174. The van der Waals surface area contributed by atoms with Gasteiger partial charge < -0.3 is 15.3 Å². The van der Waals surface area contributed by atoms with Crippen molar-refractivity contribution < 1.29 is 20.1 Å². The molecule has 0 spiro atoms. The van der Waals surface area contributed by atoms with Gasteiger partial charge in [0, 0.05) is 6.42 Å². The van der Waals surface area contributed by atoms with Crippen molar-refractivity contribution in [1.29, 1.82) is 0 Å². The number of unbranched alkanes of at least 4 members (excludes halogenated alkanes) is 4. The first-order valence-electron chi connectivity index (χ1n) is 8.20. The maximum absolute atomic E-state index is 10.2. The van der Waals surface area contributed by atoms with Crippen LogP contribution in [0.2, 0.25) is 0 Å². The van der Waals surface area contributed by atoms with Crippen LogP contribution in [0.15, 0.2) is 30.3 Å². The number of phenolic OH excluding ortho intramolecular Hbond substituents is 1. The summed E-state index contributed by atoms with van der Waals surface area (Å²) in [5, 5.41) is 26.6. The average Bonchev–Trinajstić information content (AvgIpc) is 2.48. The van der Waals surface area contributed by atoms with E-state index in [1.54, 1.807) is 24.3 Å². The topological polar surface area (TPSA) is 77.8 Å². The van der Waals surface area contributed by atoms with Gasteiger partial charge in [-0.25, -0.2) is 0 Å². The maximum atomic E-state index is 10.2. The Bertz CT molecular complexity index is 365. The summed E-state index contributed by atoms with van der Waals surface area (Å²) >= 11 is 0. The Hall–Kier alpha value is -1.55. The molecule has 0 aliphatic heterocycles. The van der Waals surface area contributed by atoms with Crippen molar-refractivity contribution in [3.63, 3.8) is 0 Å². The number of benzene rings is 1. The van der Waals surface area contributed by atoms with Gasteiger partial charge in [-0.1, -0.05) is 57.2 Å². The van der Waals surface area contributed by atoms with Crippen molar-refractivity contribution in [3.8, 4) is 5.75 Å². The molecule has 0 aliphatic rings. The van der Waals surface area contributed by atoms with Gasteiger partial charge in [-0.3, -0.25) is 4.79 Å². The van der Waals surface area contributed by atoms with Crippen molar-refractivity contribution in [3.05, 3.63) is 30.3 Å². The molecule has 0 radical (unpaired) electrons. The highest BCUT2D eigenvalue weighted by molar-refractivity contribution is 5.66. The molecule has 3 N–H and O–H groups in total. The molecular formula is C18H30O4. The van der Waals surface area contributed by atoms with Gasteiger partial charge in [0.25, 0.3) is 0 Å². The standard InChI is InChI=1S/C12H24O3.C6H6O/c1-2-3-4-5-6-8-11(13)9-7-10-12(14)15;7-6-4-2-1-3-5-6/h11,13H,2-10H2,1H3,(H,14,15);1-5,7H. The second-order valence-corrected chi connectivity index (χ2v) is 5.48. The number of aliphatic hydroxyl groups excluding tert-OH is 1. The lowest BCUT2D eigenvalue weighted by Gasteiger charge is -2.09. The van der Waals surface area contributed by atoms with Crippen molar-refractivity contribution in [2.75, 3.05) is 0 Å². The molecule has 126 valence electrons. The number of aliphatic hydroxyl groups is 1. The second-order valence-electron chi connectivity index (χ2n) is 5.48. The zero-order valence-corrected chi connectivity index (χ0v) is 13.6. The molecule has 0 amide bonds. The fourth-order valence-electron chi connectivity index (χ4n) is 2.04. The van der Waals surface area contributed by atoms with Crippen LogP contribution in [0, 0.1) is 0 Å². The molecule has 4 heteroatoms. The number of carboxylic acid groups (broad SMARTS) is 1. The van der Waals surface area contributed by atoms with E-state index in [2.05, 4.69) is 6.92 Å². The molecular weight excluding hydrogens is 280 g/mol. The molecule has 0 aliphatic carbocycles. The van der Waals surface area contributed by atoms with Crippen LogP contribution in [0.4, 0.5) is 0 Å². The number of hydrogen-bond acceptors (Lipinski definition) is 3. The SMILES string of the molecule is CCCCCCCC(O)CCCC(=O)O.Oc1ccccc1. The zero-order valence-electron chi connectivity index (χ0n) is 13.6. The average molecular weight is 310 g/mol. The number of hydrogen-bond donors (Lipinski definition) is 3. The number of aromatic hydroxyl groups is 1. The van der Waals surface area contributed by atoms with E-state index in [-0.39, 0.29) is 12.5 Å². The molecule has 1 unspecified atom stereocenters. The highest BCUT2D eigenvalue weighted by Crippen LogP contribution is 2.11. The number of rotatable bonds is 10. The third-order valence-electron chi connectivity index (χ3n) is 3.33. The third kappa shape index (κ3) is 14.9. The van der Waals surface area contributed by atoms with Gasteiger partial charge in [0.15, 0.2) is 0 Å². The first-order valence-corrected chi connectivity index (χ1v) is 8.20. The first kappa shape index (κ1) is 20.5. The lowest BCUT2D eigenvalue weighted by atomic mass is 10.0. The molecule has 1 aromatic carbocycles. The summed E-state index contributed by atoms with van der Waals surface area (Å²) in [6.07, 6.45) is 7.92. The number of para-hydroxylation sites is 1. The zero-order chi connectivity index (χ0) is 16.6. The van der Waals surface area contributed by atoms with Crippen LogP contribution in [0.3, 0.4) is 0 Å². The molecule has 0 aromatic heterocycles. The summed E-state index contributed by atoms with van der Waals surface area (Å²) in [6.45, 7) is 2.18. The Kier molecular flexibility index (Phi) is 13.4. The molecule has 0 heterocycles. The lowest BCUT2D eigenvalue weighted by Crippen LogP contribution is -2.07. The fraction of sp³-hybridized carbons (Fsp3) is 0.611. The highest BCUT2D eigenvalue weighted by Gasteiger charge is 2.05. The van der Waals surface area contributed by atoms with Gasteiger partial charge in [0.1, 0.15) is 5.75 Å². The highest BCUT2D eigenvalue weighted by atomic mass is 16.4. The molecule has 22 heavy (non-hydrogen) atoms. The van der Waals surface area contributed by atoms with E-state index in [4.69, 9.17) is 10.2 Å². The van der Waals surface area contributed by atoms with Gasteiger partial charge in [-0.2, -0.15) is 0 Å². The van der Waals surface area contributed by atoms with E-state index in [0.29, 0.717) is 18.6 Å². The Morgan fingerprint density at radius 3 is 2.09 bits per heavy atom. The van der Waals surface area contributed by atoms with E-state index in [9.17, 15) is 9.90 Å². The van der Waals surface area contributed by atoms with E-state index < -0.39 is 5.97 Å². The van der Waals surface area contributed by atoms with Crippen LogP contribution < -0.4 is 0 Å². The minimum atomic E-state index is -0.773. The summed E-state index contributed by atoms with van der Waals surface area (Å²) < 4.78 is 0. The predicted molar refractivity (Wildman–Crippen MR) is 89.0 cm³/mol. The quantitative estimate of drug-likeness (QED) is 0.561. The van der Waals surface area contributed by atoms with E-state index in [1.165, 1.54) is 25.7 Å². The summed E-state index contributed by atoms with van der Waals surface area (Å²) in [7, 11) is 0. The fourth-order valence-corrected chi connectivity index (χ4v) is 2.04. The Morgan fingerprint density at radius 2 is 1.59 bits per heavy atom. The molecule has 1 atom stereocenters. The van der Waals surface area contributed by atoms with Crippen LogP contribution in [-0.2, 0) is 4.79 Å². The van der Waals surface area contributed by atoms with E-state index in [1.807, 2.05) is 6.07 Å². The van der Waals surface area contributed by atoms with Crippen molar-refractivity contribution in [2.45, 2.75) is 70.8 Å². The summed E-state index contributed by atoms with van der Waals surface area (Å²) in [4.78, 5) is 10.2.